The molecule has 1 aromatic carbocycles. The fourth-order valence-corrected chi connectivity index (χ4v) is 7.79. The standard InChI is InChI=1S/C34H34ClFN8O5S2/c1-20-40-26-17-39-31(42-9-11-43(12-10-42)34(2,3)19-36)24(16-37)28(26)33(46)44(20)13-14-49-27-6-5-21(35)15-23(27)22-7-8-38-29-25(18-50-30(22)29)32(45)41-51(4,47)48/h5-8,15,17-18H,9-14,19H2,1-4H3,(H,41,45). The van der Waals surface area contributed by atoms with E-state index in [1.54, 1.807) is 36.6 Å². The van der Waals surface area contributed by atoms with Crippen molar-refractivity contribution in [1.82, 2.24) is 29.1 Å². The first-order chi connectivity index (χ1) is 24.2. The number of piperazine rings is 1. The molecule has 4 aromatic heterocycles. The average Bonchev–Trinajstić information content (AvgIpc) is 3.54. The minimum atomic E-state index is -3.79. The minimum absolute atomic E-state index is 0.0510. The zero-order chi connectivity index (χ0) is 36.7. The van der Waals surface area contributed by atoms with E-state index in [0.717, 1.165) is 6.26 Å². The van der Waals surface area contributed by atoms with Crippen LogP contribution in [0.3, 0.4) is 0 Å². The number of aryl methyl sites for hydroxylation is 1. The van der Waals surface area contributed by atoms with Crippen LogP contribution in [-0.4, -0.2) is 90.0 Å². The van der Waals surface area contributed by atoms with Gasteiger partial charge < -0.3 is 9.64 Å². The predicted octanol–water partition coefficient (Wildman–Crippen LogP) is 4.54. The van der Waals surface area contributed by atoms with Crippen LogP contribution >= 0.6 is 22.9 Å². The van der Waals surface area contributed by atoms with Crippen LogP contribution in [0.1, 0.15) is 35.6 Å². The van der Waals surface area contributed by atoms with Crippen molar-refractivity contribution in [2.45, 2.75) is 32.9 Å². The Hall–Kier alpha value is -4.69. The molecule has 5 aromatic rings. The number of hydrogen-bond acceptors (Lipinski definition) is 12. The molecular formula is C34H34ClFN8O5S2. The van der Waals surface area contributed by atoms with Crippen molar-refractivity contribution in [2.75, 3.05) is 50.6 Å². The number of ether oxygens (including phenoxy) is 1. The number of sulfonamides is 1. The lowest BCUT2D eigenvalue weighted by Gasteiger charge is -2.43. The fraction of sp³-hybridized carbons (Fsp3) is 0.353. The van der Waals surface area contributed by atoms with Gasteiger partial charge in [0.25, 0.3) is 11.5 Å². The first kappa shape index (κ1) is 36.1. The summed E-state index contributed by atoms with van der Waals surface area (Å²) in [6.45, 7) is 7.30. The maximum atomic E-state index is 14.0. The lowest BCUT2D eigenvalue weighted by molar-refractivity contribution is 0.0859. The van der Waals surface area contributed by atoms with Gasteiger partial charge in [0.1, 0.15) is 42.3 Å². The Bertz CT molecular complexity index is 2380. The van der Waals surface area contributed by atoms with E-state index < -0.39 is 33.7 Å². The van der Waals surface area contributed by atoms with Crippen LogP contribution in [0.2, 0.25) is 5.02 Å². The van der Waals surface area contributed by atoms with Crippen LogP contribution in [0.25, 0.3) is 32.2 Å². The van der Waals surface area contributed by atoms with Gasteiger partial charge in [0, 0.05) is 59.4 Å². The van der Waals surface area contributed by atoms with Crippen molar-refractivity contribution in [3.8, 4) is 22.9 Å². The summed E-state index contributed by atoms with van der Waals surface area (Å²) < 4.78 is 47.2. The summed E-state index contributed by atoms with van der Waals surface area (Å²) in [5.74, 6) is 0.472. The highest BCUT2D eigenvalue weighted by Gasteiger charge is 2.31. The molecule has 1 aliphatic heterocycles. The zero-order valence-electron chi connectivity index (χ0n) is 28.2. The van der Waals surface area contributed by atoms with E-state index in [4.69, 9.17) is 16.3 Å². The molecule has 0 spiro atoms. The number of alkyl halides is 1. The molecule has 0 atom stereocenters. The number of aromatic nitrogens is 4. The molecule has 0 saturated carbocycles. The quantitative estimate of drug-likeness (QED) is 0.213. The van der Waals surface area contributed by atoms with Crippen molar-refractivity contribution in [2.24, 2.45) is 0 Å². The number of thiophene rings is 1. The van der Waals surface area contributed by atoms with Crippen molar-refractivity contribution in [3.05, 3.63) is 74.4 Å². The lowest BCUT2D eigenvalue weighted by atomic mass is 10.0. The van der Waals surface area contributed by atoms with E-state index in [1.165, 1.54) is 28.3 Å². The highest BCUT2D eigenvalue weighted by atomic mass is 35.5. The van der Waals surface area contributed by atoms with Gasteiger partial charge in [-0.2, -0.15) is 5.26 Å². The first-order valence-electron chi connectivity index (χ1n) is 15.9. The maximum Gasteiger partial charge on any atom is 0.267 e. The third-order valence-electron chi connectivity index (χ3n) is 8.83. The number of hydrogen-bond donors (Lipinski definition) is 1. The van der Waals surface area contributed by atoms with Crippen LogP contribution in [0, 0.1) is 18.3 Å². The second-order valence-corrected chi connectivity index (χ2v) is 15.8. The molecule has 1 aliphatic rings. The van der Waals surface area contributed by atoms with Crippen molar-refractivity contribution in [1.29, 1.82) is 5.26 Å². The third-order valence-corrected chi connectivity index (χ3v) is 10.6. The minimum Gasteiger partial charge on any atom is -0.491 e. The predicted molar refractivity (Wildman–Crippen MR) is 195 cm³/mol. The Kier molecular flexibility index (Phi) is 10.0. The number of anilines is 1. The van der Waals surface area contributed by atoms with Gasteiger partial charge in [-0.05, 0) is 45.0 Å². The molecule has 17 heteroatoms. The van der Waals surface area contributed by atoms with Crippen LogP contribution in [0.5, 0.6) is 5.75 Å². The van der Waals surface area contributed by atoms with Gasteiger partial charge in [0.15, 0.2) is 0 Å². The number of nitrogens with one attached hydrogen (secondary N) is 1. The third kappa shape index (κ3) is 7.24. The fourth-order valence-electron chi connectivity index (χ4n) is 6.14. The second kappa shape index (κ2) is 14.1. The number of carbonyl (C=O) groups is 1. The van der Waals surface area contributed by atoms with Crippen molar-refractivity contribution >= 4 is 65.8 Å². The van der Waals surface area contributed by atoms with Crippen LogP contribution in [0.15, 0.2) is 46.8 Å². The number of nitrogens with zero attached hydrogens (tertiary/aromatic N) is 7. The normalized spacial score (nSPS) is 14.2. The number of pyridine rings is 2. The highest BCUT2D eigenvalue weighted by Crippen LogP contribution is 2.39. The van der Waals surface area contributed by atoms with Gasteiger partial charge in [-0.15, -0.1) is 11.3 Å². The molecule has 1 saturated heterocycles. The van der Waals surface area contributed by atoms with E-state index in [2.05, 4.69) is 25.9 Å². The summed E-state index contributed by atoms with van der Waals surface area (Å²) in [5, 5.41) is 12.4. The molecule has 1 fully saturated rings. The van der Waals surface area contributed by atoms with Gasteiger partial charge in [0.2, 0.25) is 10.0 Å². The average molecular weight is 753 g/mol. The SMILES string of the molecule is Cc1nc2cnc(N3CCN(C(C)(C)CF)CC3)c(C#N)c2c(=O)n1CCOc1ccc(Cl)cc1-c1ccnc2c(C(=O)NS(C)(=O)=O)csc12. The van der Waals surface area contributed by atoms with Gasteiger partial charge in [-0.3, -0.25) is 24.0 Å². The van der Waals surface area contributed by atoms with Gasteiger partial charge in [0.05, 0.1) is 45.7 Å². The largest absolute Gasteiger partial charge is 0.491 e. The summed E-state index contributed by atoms with van der Waals surface area (Å²) in [6.07, 6.45) is 3.92. The molecule has 6 rings (SSSR count). The molecule has 1 N–H and O–H groups in total. The maximum absolute atomic E-state index is 14.0. The zero-order valence-corrected chi connectivity index (χ0v) is 30.6. The number of halogens is 2. The number of fused-ring (bicyclic) bond motifs is 2. The Morgan fingerprint density at radius 1 is 1.18 bits per heavy atom. The summed E-state index contributed by atoms with van der Waals surface area (Å²) >= 11 is 7.62. The monoisotopic (exact) mass is 752 g/mol. The highest BCUT2D eigenvalue weighted by molar-refractivity contribution is 7.89. The molecule has 0 unspecified atom stereocenters. The van der Waals surface area contributed by atoms with E-state index in [1.807, 2.05) is 23.5 Å². The molecule has 1 amide bonds. The van der Waals surface area contributed by atoms with Gasteiger partial charge >= 0.3 is 0 Å². The Balaban J connectivity index is 1.27. The molecule has 5 heterocycles. The number of amides is 1. The summed E-state index contributed by atoms with van der Waals surface area (Å²) in [6, 6.07) is 9.01. The summed E-state index contributed by atoms with van der Waals surface area (Å²) in [4.78, 5) is 44.1. The topological polar surface area (TPSA) is 163 Å². The van der Waals surface area contributed by atoms with Crippen molar-refractivity contribution in [3.63, 3.8) is 0 Å². The number of carbonyl (C=O) groups excluding carboxylic acids is 1. The summed E-state index contributed by atoms with van der Waals surface area (Å²) in [7, 11) is -3.79. The van der Waals surface area contributed by atoms with Crippen LogP contribution in [0.4, 0.5) is 10.2 Å². The van der Waals surface area contributed by atoms with Crippen molar-refractivity contribution < 1.29 is 22.3 Å². The first-order valence-corrected chi connectivity index (χ1v) is 19.0. The van der Waals surface area contributed by atoms with E-state index in [9.17, 15) is 27.7 Å². The van der Waals surface area contributed by atoms with Crippen LogP contribution < -0.4 is 19.9 Å². The molecule has 0 radical (unpaired) electrons. The summed E-state index contributed by atoms with van der Waals surface area (Å²) in [5.41, 5.74) is 1.16. The van der Waals surface area contributed by atoms with Gasteiger partial charge in [-0.25, -0.2) is 27.5 Å². The van der Waals surface area contributed by atoms with Crippen LogP contribution in [-0.2, 0) is 16.6 Å². The Morgan fingerprint density at radius 3 is 2.61 bits per heavy atom. The van der Waals surface area contributed by atoms with E-state index >= 15 is 0 Å². The molecule has 0 bridgehead atoms. The van der Waals surface area contributed by atoms with E-state index in [-0.39, 0.29) is 29.7 Å². The van der Waals surface area contributed by atoms with E-state index in [0.29, 0.717) is 75.5 Å². The molecule has 0 aliphatic carbocycles. The molecular weight excluding hydrogens is 719 g/mol. The molecule has 266 valence electrons. The molecule has 51 heavy (non-hydrogen) atoms. The Labute approximate surface area is 302 Å². The van der Waals surface area contributed by atoms with Gasteiger partial charge in [-0.1, -0.05) is 11.6 Å². The molecule has 13 nitrogen and oxygen atoms in total. The lowest BCUT2D eigenvalue weighted by Crippen LogP contribution is -2.55. The number of nitriles is 1. The number of rotatable bonds is 10. The smallest absolute Gasteiger partial charge is 0.267 e. The number of benzene rings is 1. The Morgan fingerprint density at radius 2 is 1.92 bits per heavy atom. The second-order valence-electron chi connectivity index (χ2n) is 12.7.